The Morgan fingerprint density at radius 1 is 1.30 bits per heavy atom. The Labute approximate surface area is 141 Å². The Hall–Kier alpha value is -2.59. The summed E-state index contributed by atoms with van der Waals surface area (Å²) in [5, 5.41) is 11.1. The summed E-state index contributed by atoms with van der Waals surface area (Å²) in [6.07, 6.45) is 1.38. The predicted molar refractivity (Wildman–Crippen MR) is 88.3 cm³/mol. The van der Waals surface area contributed by atoms with Crippen molar-refractivity contribution in [3.8, 4) is 11.8 Å². The molecule has 0 bridgehead atoms. The maximum absolute atomic E-state index is 12.3. The van der Waals surface area contributed by atoms with Crippen LogP contribution in [0.1, 0.15) is 23.8 Å². The zero-order valence-corrected chi connectivity index (χ0v) is 14.0. The van der Waals surface area contributed by atoms with Gasteiger partial charge < -0.3 is 14.6 Å². The van der Waals surface area contributed by atoms with Crippen molar-refractivity contribution in [2.45, 2.75) is 13.3 Å². The number of nitrogens with zero attached hydrogens (tertiary/aromatic N) is 2. The summed E-state index contributed by atoms with van der Waals surface area (Å²) in [5.74, 6) is -1.03. The van der Waals surface area contributed by atoms with Crippen LogP contribution in [-0.4, -0.2) is 23.1 Å². The van der Waals surface area contributed by atoms with E-state index in [4.69, 9.17) is 10.00 Å². The Morgan fingerprint density at radius 2 is 2.00 bits per heavy atom. The lowest BCUT2D eigenvalue weighted by Gasteiger charge is -2.11. The minimum Gasteiger partial charge on any atom is -0.461 e. The van der Waals surface area contributed by atoms with Gasteiger partial charge in [0.2, 0.25) is 5.91 Å². The standard InChI is InChI=1S/C16H14BrN3O3/c1-2-23-16(22)15-13(19-14(21)7-9-18)8-10-20(15)12-5-3-11(17)4-6-12/h3-6,8,10H,2,7H2,1H3,(H,19,21). The lowest BCUT2D eigenvalue weighted by atomic mass is 10.3. The maximum Gasteiger partial charge on any atom is 0.357 e. The molecule has 0 atom stereocenters. The van der Waals surface area contributed by atoms with Gasteiger partial charge in [0.25, 0.3) is 0 Å². The molecule has 1 N–H and O–H groups in total. The number of ether oxygens (including phenoxy) is 1. The van der Waals surface area contributed by atoms with E-state index in [0.717, 1.165) is 10.2 Å². The first-order chi connectivity index (χ1) is 11.1. The Balaban J connectivity index is 2.44. The number of hydrogen-bond donors (Lipinski definition) is 1. The first kappa shape index (κ1) is 16.8. The number of nitrogens with one attached hydrogen (secondary N) is 1. The van der Waals surface area contributed by atoms with Crippen LogP contribution in [0.5, 0.6) is 0 Å². The van der Waals surface area contributed by atoms with E-state index >= 15 is 0 Å². The molecule has 0 aliphatic rings. The van der Waals surface area contributed by atoms with Crippen molar-refractivity contribution >= 4 is 33.5 Å². The van der Waals surface area contributed by atoms with Crippen LogP contribution in [-0.2, 0) is 9.53 Å². The van der Waals surface area contributed by atoms with Crippen LogP contribution in [0.4, 0.5) is 5.69 Å². The van der Waals surface area contributed by atoms with Crippen LogP contribution in [0, 0.1) is 11.3 Å². The average molecular weight is 376 g/mol. The van der Waals surface area contributed by atoms with Crippen LogP contribution >= 0.6 is 15.9 Å². The molecule has 1 amide bonds. The number of carbonyl (C=O) groups is 2. The summed E-state index contributed by atoms with van der Waals surface area (Å²) in [4.78, 5) is 23.9. The lowest BCUT2D eigenvalue weighted by molar-refractivity contribution is -0.115. The first-order valence-electron chi connectivity index (χ1n) is 6.88. The van der Waals surface area contributed by atoms with Gasteiger partial charge in [-0.25, -0.2) is 4.79 Å². The van der Waals surface area contributed by atoms with E-state index in [2.05, 4.69) is 21.2 Å². The number of rotatable bonds is 5. The Morgan fingerprint density at radius 3 is 2.61 bits per heavy atom. The number of anilines is 1. The molecule has 118 valence electrons. The Kier molecular flexibility index (Phi) is 5.55. The highest BCUT2D eigenvalue weighted by atomic mass is 79.9. The molecule has 1 aromatic carbocycles. The maximum atomic E-state index is 12.3. The molecule has 1 heterocycles. The number of nitriles is 1. The molecule has 0 unspecified atom stereocenters. The number of amides is 1. The van der Waals surface area contributed by atoms with Crippen molar-refractivity contribution < 1.29 is 14.3 Å². The smallest absolute Gasteiger partial charge is 0.357 e. The molecule has 2 rings (SSSR count). The third-order valence-electron chi connectivity index (χ3n) is 2.97. The number of carbonyl (C=O) groups excluding carboxylic acids is 2. The van der Waals surface area contributed by atoms with Gasteiger partial charge in [0.05, 0.1) is 18.4 Å². The van der Waals surface area contributed by atoms with Gasteiger partial charge in [0.15, 0.2) is 5.69 Å². The zero-order chi connectivity index (χ0) is 16.8. The van der Waals surface area contributed by atoms with Crippen molar-refractivity contribution in [1.82, 2.24) is 4.57 Å². The van der Waals surface area contributed by atoms with Gasteiger partial charge in [-0.3, -0.25) is 4.79 Å². The van der Waals surface area contributed by atoms with Gasteiger partial charge in [0.1, 0.15) is 6.42 Å². The molecule has 2 aromatic rings. The molecule has 23 heavy (non-hydrogen) atoms. The minimum absolute atomic E-state index is 0.209. The van der Waals surface area contributed by atoms with Crippen molar-refractivity contribution in [3.63, 3.8) is 0 Å². The van der Waals surface area contributed by atoms with Crippen molar-refractivity contribution in [1.29, 1.82) is 5.26 Å². The summed E-state index contributed by atoms with van der Waals surface area (Å²) in [7, 11) is 0. The van der Waals surface area contributed by atoms with Gasteiger partial charge in [-0.15, -0.1) is 0 Å². The van der Waals surface area contributed by atoms with Gasteiger partial charge >= 0.3 is 5.97 Å². The predicted octanol–water partition coefficient (Wildman–Crippen LogP) is 3.27. The summed E-state index contributed by atoms with van der Waals surface area (Å²) < 4.78 is 7.61. The second-order valence-electron chi connectivity index (χ2n) is 4.53. The lowest BCUT2D eigenvalue weighted by Crippen LogP contribution is -2.16. The van der Waals surface area contributed by atoms with Crippen molar-refractivity contribution in [2.75, 3.05) is 11.9 Å². The monoisotopic (exact) mass is 375 g/mol. The topological polar surface area (TPSA) is 84.1 Å². The van der Waals surface area contributed by atoms with Gasteiger partial charge in [-0.2, -0.15) is 5.26 Å². The number of hydrogen-bond acceptors (Lipinski definition) is 4. The summed E-state index contributed by atoms with van der Waals surface area (Å²) >= 11 is 3.36. The molecular weight excluding hydrogens is 362 g/mol. The molecule has 0 spiro atoms. The quantitative estimate of drug-likeness (QED) is 0.812. The second-order valence-corrected chi connectivity index (χ2v) is 5.44. The molecular formula is C16H14BrN3O3. The fourth-order valence-electron chi connectivity index (χ4n) is 2.02. The average Bonchev–Trinajstić information content (AvgIpc) is 2.92. The van der Waals surface area contributed by atoms with E-state index in [1.165, 1.54) is 0 Å². The van der Waals surface area contributed by atoms with Crippen LogP contribution in [0.2, 0.25) is 0 Å². The van der Waals surface area contributed by atoms with Gasteiger partial charge in [-0.05, 0) is 37.3 Å². The molecule has 0 saturated carbocycles. The first-order valence-corrected chi connectivity index (χ1v) is 7.67. The van der Waals surface area contributed by atoms with Crippen LogP contribution in [0.15, 0.2) is 41.0 Å². The third-order valence-corrected chi connectivity index (χ3v) is 3.50. The molecule has 0 aliphatic heterocycles. The van der Waals surface area contributed by atoms with Crippen LogP contribution in [0.25, 0.3) is 5.69 Å². The van der Waals surface area contributed by atoms with E-state index < -0.39 is 11.9 Å². The molecule has 0 radical (unpaired) electrons. The van der Waals surface area contributed by atoms with Crippen molar-refractivity contribution in [3.05, 3.63) is 46.7 Å². The van der Waals surface area contributed by atoms with Gasteiger partial charge in [-0.1, -0.05) is 15.9 Å². The highest BCUT2D eigenvalue weighted by Gasteiger charge is 2.20. The fourth-order valence-corrected chi connectivity index (χ4v) is 2.29. The fraction of sp³-hybridized carbons (Fsp3) is 0.188. The molecule has 0 aliphatic carbocycles. The number of halogens is 1. The van der Waals surface area contributed by atoms with E-state index in [0.29, 0.717) is 5.69 Å². The van der Waals surface area contributed by atoms with E-state index in [-0.39, 0.29) is 18.7 Å². The summed E-state index contributed by atoms with van der Waals surface area (Å²) in [5.41, 5.74) is 1.27. The van der Waals surface area contributed by atoms with Gasteiger partial charge in [0, 0.05) is 16.4 Å². The minimum atomic E-state index is -0.548. The summed E-state index contributed by atoms with van der Waals surface area (Å²) in [6.45, 7) is 1.93. The van der Waals surface area contributed by atoms with E-state index in [9.17, 15) is 9.59 Å². The van der Waals surface area contributed by atoms with Crippen LogP contribution in [0.3, 0.4) is 0 Å². The number of esters is 1. The number of aromatic nitrogens is 1. The molecule has 0 fully saturated rings. The van der Waals surface area contributed by atoms with E-state index in [1.54, 1.807) is 29.8 Å². The number of benzene rings is 1. The molecule has 6 nitrogen and oxygen atoms in total. The molecule has 1 aromatic heterocycles. The highest BCUT2D eigenvalue weighted by molar-refractivity contribution is 9.10. The zero-order valence-electron chi connectivity index (χ0n) is 12.4. The second kappa shape index (κ2) is 7.61. The van der Waals surface area contributed by atoms with Crippen LogP contribution < -0.4 is 5.32 Å². The Bertz CT molecular complexity index is 760. The largest absolute Gasteiger partial charge is 0.461 e. The molecule has 7 heteroatoms. The highest BCUT2D eigenvalue weighted by Crippen LogP contribution is 2.24. The van der Waals surface area contributed by atoms with Crippen molar-refractivity contribution in [2.24, 2.45) is 0 Å². The van der Waals surface area contributed by atoms with E-state index in [1.807, 2.05) is 24.3 Å². The summed E-state index contributed by atoms with van der Waals surface area (Å²) in [6, 6.07) is 10.7. The third kappa shape index (κ3) is 3.99. The normalized spacial score (nSPS) is 9.96. The SMILES string of the molecule is CCOC(=O)c1c(NC(=O)CC#N)ccn1-c1ccc(Br)cc1. The molecule has 0 saturated heterocycles.